The fraction of sp³-hybridized carbons (Fsp3) is 0.346. The van der Waals surface area contributed by atoms with Gasteiger partial charge in [0.2, 0.25) is 5.91 Å². The molecule has 1 heterocycles. The highest BCUT2D eigenvalue weighted by molar-refractivity contribution is 5.99. The number of aromatic nitrogens is 2. The van der Waals surface area contributed by atoms with Crippen LogP contribution < -0.4 is 10.1 Å². The second-order valence-electron chi connectivity index (χ2n) is 8.70. The number of hydrogen-bond donors (Lipinski definition) is 1. The first-order valence-electron chi connectivity index (χ1n) is 10.8. The molecule has 32 heavy (non-hydrogen) atoms. The Morgan fingerprint density at radius 2 is 1.88 bits per heavy atom. The van der Waals surface area contributed by atoms with Crippen LogP contribution in [0.2, 0.25) is 0 Å². The molecule has 6 heteroatoms. The molecule has 0 spiro atoms. The molecule has 0 radical (unpaired) electrons. The first-order chi connectivity index (χ1) is 15.3. The number of rotatable bonds is 7. The number of amides is 1. The average molecular weight is 431 g/mol. The summed E-state index contributed by atoms with van der Waals surface area (Å²) in [5.74, 6) is 0.518. The van der Waals surface area contributed by atoms with Gasteiger partial charge in [0.05, 0.1) is 12.8 Å². The Bertz CT molecular complexity index is 1140. The molecule has 6 nitrogen and oxygen atoms in total. The standard InChI is InChI=1S/C26H30N4O2/c1-6-30-23(15-12-18-10-8-7-9-11-18)24(22(17-27)29-30)20-14-13-19(32-5)16-21(20)28-25(31)26(2,3)4/h7-11,13-14,16H,6,12,15H2,1-5H3,(H,28,31). The van der Waals surface area contributed by atoms with Crippen molar-refractivity contribution in [2.45, 2.75) is 47.1 Å². The second kappa shape index (κ2) is 9.69. The van der Waals surface area contributed by atoms with Gasteiger partial charge in [0.15, 0.2) is 5.69 Å². The zero-order chi connectivity index (χ0) is 23.3. The summed E-state index contributed by atoms with van der Waals surface area (Å²) in [5.41, 5.74) is 4.12. The van der Waals surface area contributed by atoms with Gasteiger partial charge in [0, 0.05) is 34.8 Å². The monoisotopic (exact) mass is 430 g/mol. The first-order valence-corrected chi connectivity index (χ1v) is 10.8. The van der Waals surface area contributed by atoms with Gasteiger partial charge in [-0.3, -0.25) is 9.48 Å². The summed E-state index contributed by atoms with van der Waals surface area (Å²) in [6, 6.07) is 18.0. The van der Waals surface area contributed by atoms with Gasteiger partial charge in [0.25, 0.3) is 0 Å². The first kappa shape index (κ1) is 23.1. The van der Waals surface area contributed by atoms with E-state index in [-0.39, 0.29) is 5.91 Å². The van der Waals surface area contributed by atoms with Gasteiger partial charge in [-0.2, -0.15) is 10.4 Å². The van der Waals surface area contributed by atoms with Gasteiger partial charge < -0.3 is 10.1 Å². The summed E-state index contributed by atoms with van der Waals surface area (Å²) in [6.45, 7) is 8.26. The predicted molar refractivity (Wildman–Crippen MR) is 127 cm³/mol. The Morgan fingerprint density at radius 1 is 1.16 bits per heavy atom. The van der Waals surface area contributed by atoms with Crippen molar-refractivity contribution in [2.75, 3.05) is 12.4 Å². The van der Waals surface area contributed by atoms with Crippen LogP contribution in [0.5, 0.6) is 5.75 Å². The number of methoxy groups -OCH3 is 1. The molecule has 0 saturated carbocycles. The lowest BCUT2D eigenvalue weighted by Crippen LogP contribution is -2.27. The van der Waals surface area contributed by atoms with E-state index in [1.165, 1.54) is 5.56 Å². The van der Waals surface area contributed by atoms with E-state index < -0.39 is 5.41 Å². The van der Waals surface area contributed by atoms with E-state index in [2.05, 4.69) is 28.6 Å². The van der Waals surface area contributed by atoms with Crippen LogP contribution in [0.25, 0.3) is 11.1 Å². The molecule has 0 saturated heterocycles. The molecule has 1 N–H and O–H groups in total. The van der Waals surface area contributed by atoms with Gasteiger partial charge in [-0.05, 0) is 37.5 Å². The predicted octanol–water partition coefficient (Wildman–Crippen LogP) is 5.22. The van der Waals surface area contributed by atoms with Crippen molar-refractivity contribution >= 4 is 11.6 Å². The number of hydrogen-bond acceptors (Lipinski definition) is 4. The van der Waals surface area contributed by atoms with Gasteiger partial charge >= 0.3 is 0 Å². The Kier molecular flexibility index (Phi) is 6.99. The Hall–Kier alpha value is -3.59. The normalized spacial score (nSPS) is 11.1. The van der Waals surface area contributed by atoms with Gasteiger partial charge in [-0.15, -0.1) is 0 Å². The highest BCUT2D eigenvalue weighted by atomic mass is 16.5. The van der Waals surface area contributed by atoms with Gasteiger partial charge in [0.1, 0.15) is 11.8 Å². The van der Waals surface area contributed by atoms with Crippen molar-refractivity contribution in [3.05, 3.63) is 65.5 Å². The summed E-state index contributed by atoms with van der Waals surface area (Å²) >= 11 is 0. The molecular formula is C26H30N4O2. The van der Waals surface area contributed by atoms with Crippen molar-refractivity contribution < 1.29 is 9.53 Å². The van der Waals surface area contributed by atoms with E-state index in [4.69, 9.17) is 4.74 Å². The second-order valence-corrected chi connectivity index (χ2v) is 8.70. The van der Waals surface area contributed by atoms with Crippen molar-refractivity contribution in [1.82, 2.24) is 9.78 Å². The summed E-state index contributed by atoms with van der Waals surface area (Å²) in [5, 5.41) is 17.5. The van der Waals surface area contributed by atoms with E-state index in [0.29, 0.717) is 23.7 Å². The maximum Gasteiger partial charge on any atom is 0.229 e. The highest BCUT2D eigenvalue weighted by Crippen LogP contribution is 2.37. The van der Waals surface area contributed by atoms with E-state index in [0.717, 1.165) is 29.7 Å². The number of anilines is 1. The van der Waals surface area contributed by atoms with Crippen LogP contribution >= 0.6 is 0 Å². The molecule has 0 aliphatic rings. The SMILES string of the molecule is CCn1nc(C#N)c(-c2ccc(OC)cc2NC(=O)C(C)(C)C)c1CCc1ccccc1. The van der Waals surface area contributed by atoms with Crippen LogP contribution in [0.3, 0.4) is 0 Å². The maximum atomic E-state index is 12.8. The van der Waals surface area contributed by atoms with Gasteiger partial charge in [-0.25, -0.2) is 0 Å². The fourth-order valence-corrected chi connectivity index (χ4v) is 3.56. The van der Waals surface area contributed by atoms with Crippen LogP contribution in [0.15, 0.2) is 48.5 Å². The van der Waals surface area contributed by atoms with Crippen LogP contribution in [0.4, 0.5) is 5.69 Å². The smallest absolute Gasteiger partial charge is 0.229 e. The molecule has 0 bridgehead atoms. The lowest BCUT2D eigenvalue weighted by Gasteiger charge is -2.20. The van der Waals surface area contributed by atoms with Crippen molar-refractivity contribution in [3.8, 4) is 22.9 Å². The molecule has 3 rings (SSSR count). The number of carbonyl (C=O) groups is 1. The largest absolute Gasteiger partial charge is 0.497 e. The molecule has 1 amide bonds. The Balaban J connectivity index is 2.12. The molecule has 0 aliphatic carbocycles. The Morgan fingerprint density at radius 3 is 2.47 bits per heavy atom. The zero-order valence-electron chi connectivity index (χ0n) is 19.4. The summed E-state index contributed by atoms with van der Waals surface area (Å²) in [4.78, 5) is 12.8. The number of carbonyl (C=O) groups excluding carboxylic acids is 1. The van der Waals surface area contributed by atoms with E-state index in [1.54, 1.807) is 13.2 Å². The van der Waals surface area contributed by atoms with Crippen LogP contribution in [-0.4, -0.2) is 22.8 Å². The third-order valence-corrected chi connectivity index (χ3v) is 5.38. The third kappa shape index (κ3) is 5.00. The summed E-state index contributed by atoms with van der Waals surface area (Å²) in [7, 11) is 1.59. The number of aryl methyl sites for hydroxylation is 2. The lowest BCUT2D eigenvalue weighted by atomic mass is 9.94. The van der Waals surface area contributed by atoms with Crippen LogP contribution in [-0.2, 0) is 24.2 Å². The van der Waals surface area contributed by atoms with Gasteiger partial charge in [-0.1, -0.05) is 51.1 Å². The number of nitrogens with one attached hydrogen (secondary N) is 1. The van der Waals surface area contributed by atoms with E-state index in [1.807, 2.05) is 62.7 Å². The number of ether oxygens (including phenoxy) is 1. The van der Waals surface area contributed by atoms with Crippen molar-refractivity contribution in [1.29, 1.82) is 5.26 Å². The summed E-state index contributed by atoms with van der Waals surface area (Å²) < 4.78 is 7.28. The third-order valence-electron chi connectivity index (χ3n) is 5.38. The summed E-state index contributed by atoms with van der Waals surface area (Å²) in [6.07, 6.45) is 1.55. The van der Waals surface area contributed by atoms with E-state index in [9.17, 15) is 10.1 Å². The number of benzene rings is 2. The molecule has 0 atom stereocenters. The molecule has 0 fully saturated rings. The maximum absolute atomic E-state index is 12.8. The van der Waals surface area contributed by atoms with Crippen molar-refractivity contribution in [3.63, 3.8) is 0 Å². The molecular weight excluding hydrogens is 400 g/mol. The molecule has 0 unspecified atom stereocenters. The molecule has 2 aromatic carbocycles. The zero-order valence-corrected chi connectivity index (χ0v) is 19.4. The van der Waals surface area contributed by atoms with Crippen LogP contribution in [0.1, 0.15) is 44.6 Å². The quantitative estimate of drug-likeness (QED) is 0.557. The highest BCUT2D eigenvalue weighted by Gasteiger charge is 2.25. The van der Waals surface area contributed by atoms with Crippen molar-refractivity contribution in [2.24, 2.45) is 5.41 Å². The molecule has 0 aliphatic heterocycles. The molecule has 166 valence electrons. The minimum atomic E-state index is -0.567. The topological polar surface area (TPSA) is 79.9 Å². The number of nitrogens with zero attached hydrogens (tertiary/aromatic N) is 3. The Labute approximate surface area is 189 Å². The molecule has 1 aromatic heterocycles. The van der Waals surface area contributed by atoms with Crippen LogP contribution in [0, 0.1) is 16.7 Å². The lowest BCUT2D eigenvalue weighted by molar-refractivity contribution is -0.123. The fourth-order valence-electron chi connectivity index (χ4n) is 3.56. The molecule has 3 aromatic rings. The minimum Gasteiger partial charge on any atom is -0.497 e. The average Bonchev–Trinajstić information content (AvgIpc) is 3.15. The minimum absolute atomic E-state index is 0.112. The number of nitriles is 1. The van der Waals surface area contributed by atoms with E-state index >= 15 is 0 Å².